The molecule has 0 saturated heterocycles. The number of nitro groups is 1. The lowest BCUT2D eigenvalue weighted by atomic mass is 10.2. The molecule has 23 heavy (non-hydrogen) atoms. The highest BCUT2D eigenvalue weighted by atomic mass is 32.1. The minimum atomic E-state index is -0.460. The van der Waals surface area contributed by atoms with Crippen LogP contribution in [0, 0.1) is 10.1 Å². The van der Waals surface area contributed by atoms with Gasteiger partial charge in [0.25, 0.3) is 5.69 Å². The zero-order chi connectivity index (χ0) is 16.7. The Morgan fingerprint density at radius 2 is 1.91 bits per heavy atom. The Labute approximate surface area is 138 Å². The average Bonchev–Trinajstić information content (AvgIpc) is 2.58. The van der Waals surface area contributed by atoms with Crippen LogP contribution in [0.3, 0.4) is 0 Å². The summed E-state index contributed by atoms with van der Waals surface area (Å²) in [5.74, 6) is 0.785. The van der Waals surface area contributed by atoms with Crippen LogP contribution in [0.25, 0.3) is 0 Å². The number of hydrogen-bond donors (Lipinski definition) is 3. The molecule has 2 rings (SSSR count). The number of benzene rings is 2. The molecule has 0 aliphatic rings. The van der Waals surface area contributed by atoms with Gasteiger partial charge in [-0.3, -0.25) is 21.0 Å². The van der Waals surface area contributed by atoms with E-state index in [4.69, 9.17) is 17.0 Å². The first kappa shape index (κ1) is 16.5. The Kier molecular flexibility index (Phi) is 5.70. The highest BCUT2D eigenvalue weighted by Gasteiger charge is 2.11. The van der Waals surface area contributed by atoms with E-state index in [0.29, 0.717) is 17.3 Å². The summed E-state index contributed by atoms with van der Waals surface area (Å²) in [7, 11) is 1.61. The van der Waals surface area contributed by atoms with Crippen LogP contribution >= 0.6 is 12.2 Å². The van der Waals surface area contributed by atoms with Crippen molar-refractivity contribution in [3.05, 3.63) is 64.2 Å². The van der Waals surface area contributed by atoms with Crippen LogP contribution in [0.1, 0.15) is 5.56 Å². The van der Waals surface area contributed by atoms with Crippen molar-refractivity contribution >= 4 is 28.7 Å². The van der Waals surface area contributed by atoms with Gasteiger partial charge < -0.3 is 10.1 Å². The van der Waals surface area contributed by atoms with Crippen molar-refractivity contribution in [2.24, 2.45) is 0 Å². The third kappa shape index (κ3) is 4.82. The number of nitrogens with one attached hydrogen (secondary N) is 3. The molecule has 0 amide bonds. The number of hydrazine groups is 1. The first-order valence-electron chi connectivity index (χ1n) is 6.76. The molecule has 0 saturated carbocycles. The van der Waals surface area contributed by atoms with Gasteiger partial charge in [-0.1, -0.05) is 24.3 Å². The number of rotatable bonds is 6. The number of thiocarbonyl (C=S) groups is 1. The molecule has 8 heteroatoms. The molecule has 0 heterocycles. The molecule has 0 spiro atoms. The van der Waals surface area contributed by atoms with E-state index in [1.165, 1.54) is 6.07 Å². The Morgan fingerprint density at radius 1 is 1.22 bits per heavy atom. The molecule has 2 aromatic carbocycles. The first-order valence-corrected chi connectivity index (χ1v) is 7.17. The van der Waals surface area contributed by atoms with E-state index in [1.54, 1.807) is 25.3 Å². The maximum Gasteiger partial charge on any atom is 0.294 e. The summed E-state index contributed by atoms with van der Waals surface area (Å²) < 4.78 is 5.09. The van der Waals surface area contributed by atoms with Gasteiger partial charge in [-0.15, -0.1) is 0 Å². The van der Waals surface area contributed by atoms with E-state index < -0.39 is 4.92 Å². The highest BCUT2D eigenvalue weighted by molar-refractivity contribution is 7.80. The smallest absolute Gasteiger partial charge is 0.294 e. The van der Waals surface area contributed by atoms with Crippen molar-refractivity contribution in [3.63, 3.8) is 0 Å². The van der Waals surface area contributed by atoms with E-state index in [-0.39, 0.29) is 5.69 Å². The number of nitro benzene ring substituents is 1. The van der Waals surface area contributed by atoms with Gasteiger partial charge in [-0.05, 0) is 36.0 Å². The topological polar surface area (TPSA) is 88.5 Å². The van der Waals surface area contributed by atoms with Gasteiger partial charge in [0.2, 0.25) is 0 Å². The normalized spacial score (nSPS) is 9.78. The highest BCUT2D eigenvalue weighted by Crippen LogP contribution is 2.22. The van der Waals surface area contributed by atoms with Crippen LogP contribution in [0.4, 0.5) is 11.4 Å². The SMILES string of the molecule is COc1ccc(CNC(=S)NNc2ccccc2[N+](=O)[O-])cc1. The van der Waals surface area contributed by atoms with E-state index >= 15 is 0 Å². The van der Waals surface area contributed by atoms with E-state index in [2.05, 4.69) is 16.2 Å². The fourth-order valence-corrected chi connectivity index (χ4v) is 1.96. The zero-order valence-corrected chi connectivity index (χ0v) is 13.2. The van der Waals surface area contributed by atoms with Gasteiger partial charge in [0.05, 0.1) is 12.0 Å². The third-order valence-corrected chi connectivity index (χ3v) is 3.27. The Bertz CT molecular complexity index is 691. The molecule has 2 aromatic rings. The number of para-hydroxylation sites is 2. The predicted octanol–water partition coefficient (Wildman–Crippen LogP) is 2.59. The molecule has 0 radical (unpaired) electrons. The van der Waals surface area contributed by atoms with Gasteiger partial charge in [0, 0.05) is 12.6 Å². The Balaban J connectivity index is 1.84. The standard InChI is InChI=1S/C15H16N4O3S/c1-22-12-8-6-11(7-9-12)10-16-15(23)18-17-13-4-2-3-5-14(13)19(20)21/h2-9,17H,10H2,1H3,(H2,16,18,23). The van der Waals surface area contributed by atoms with Gasteiger partial charge in [-0.2, -0.15) is 0 Å². The van der Waals surface area contributed by atoms with E-state index in [0.717, 1.165) is 11.3 Å². The lowest BCUT2D eigenvalue weighted by Crippen LogP contribution is -2.38. The molecule has 7 nitrogen and oxygen atoms in total. The number of hydrogen-bond acceptors (Lipinski definition) is 5. The average molecular weight is 332 g/mol. The summed E-state index contributed by atoms with van der Waals surface area (Å²) in [5, 5.41) is 14.2. The molecule has 0 aliphatic carbocycles. The lowest BCUT2D eigenvalue weighted by molar-refractivity contribution is -0.384. The molecule has 0 fully saturated rings. The maximum absolute atomic E-state index is 10.9. The minimum absolute atomic E-state index is 0.0297. The third-order valence-electron chi connectivity index (χ3n) is 3.02. The number of ether oxygens (including phenoxy) is 1. The van der Waals surface area contributed by atoms with Crippen molar-refractivity contribution in [1.82, 2.24) is 10.7 Å². The van der Waals surface area contributed by atoms with Crippen molar-refractivity contribution in [1.29, 1.82) is 0 Å². The fraction of sp³-hybridized carbons (Fsp3) is 0.133. The van der Waals surface area contributed by atoms with E-state index in [1.807, 2.05) is 24.3 Å². The van der Waals surface area contributed by atoms with Crippen LogP contribution < -0.4 is 20.9 Å². The summed E-state index contributed by atoms with van der Waals surface area (Å²) in [5.41, 5.74) is 6.80. The fourth-order valence-electron chi connectivity index (χ4n) is 1.83. The van der Waals surface area contributed by atoms with Gasteiger partial charge in [0.15, 0.2) is 5.11 Å². The molecular weight excluding hydrogens is 316 g/mol. The van der Waals surface area contributed by atoms with Crippen molar-refractivity contribution in [2.45, 2.75) is 6.54 Å². The van der Waals surface area contributed by atoms with Crippen molar-refractivity contribution in [2.75, 3.05) is 12.5 Å². The summed E-state index contributed by atoms with van der Waals surface area (Å²) in [6.07, 6.45) is 0. The van der Waals surface area contributed by atoms with Gasteiger partial charge in [-0.25, -0.2) is 0 Å². The second-order valence-electron chi connectivity index (χ2n) is 4.56. The summed E-state index contributed by atoms with van der Waals surface area (Å²) in [6, 6.07) is 13.9. The molecule has 0 unspecified atom stereocenters. The predicted molar refractivity (Wildman–Crippen MR) is 92.3 cm³/mol. The second-order valence-corrected chi connectivity index (χ2v) is 4.96. The number of nitrogens with zero attached hydrogens (tertiary/aromatic N) is 1. The summed E-state index contributed by atoms with van der Waals surface area (Å²) >= 11 is 5.13. The Morgan fingerprint density at radius 3 is 2.57 bits per heavy atom. The second kappa shape index (κ2) is 7.95. The quantitative estimate of drug-likeness (QED) is 0.426. The van der Waals surface area contributed by atoms with Crippen molar-refractivity contribution in [3.8, 4) is 5.75 Å². The minimum Gasteiger partial charge on any atom is -0.497 e. The molecule has 120 valence electrons. The van der Waals surface area contributed by atoms with Crippen LogP contribution in [-0.4, -0.2) is 17.1 Å². The largest absolute Gasteiger partial charge is 0.497 e. The summed E-state index contributed by atoms with van der Waals surface area (Å²) in [4.78, 5) is 10.4. The molecular formula is C15H16N4O3S. The van der Waals surface area contributed by atoms with Crippen LogP contribution in [0.5, 0.6) is 5.75 Å². The monoisotopic (exact) mass is 332 g/mol. The summed E-state index contributed by atoms with van der Waals surface area (Å²) in [6.45, 7) is 0.522. The lowest BCUT2D eigenvalue weighted by Gasteiger charge is -2.12. The van der Waals surface area contributed by atoms with Gasteiger partial charge >= 0.3 is 0 Å². The van der Waals surface area contributed by atoms with E-state index in [9.17, 15) is 10.1 Å². The van der Waals surface area contributed by atoms with Crippen molar-refractivity contribution < 1.29 is 9.66 Å². The maximum atomic E-state index is 10.9. The molecule has 0 aliphatic heterocycles. The molecule has 0 bridgehead atoms. The Hall–Kier alpha value is -2.87. The molecule has 3 N–H and O–H groups in total. The number of anilines is 1. The zero-order valence-electron chi connectivity index (χ0n) is 12.4. The van der Waals surface area contributed by atoms with Crippen LogP contribution in [0.2, 0.25) is 0 Å². The van der Waals surface area contributed by atoms with Gasteiger partial charge in [0.1, 0.15) is 11.4 Å². The molecule has 0 atom stereocenters. The number of methoxy groups -OCH3 is 1. The van der Waals surface area contributed by atoms with Crippen LogP contribution in [-0.2, 0) is 6.54 Å². The first-order chi connectivity index (χ1) is 11.1. The molecule has 0 aromatic heterocycles. The van der Waals surface area contributed by atoms with Crippen LogP contribution in [0.15, 0.2) is 48.5 Å².